The molecule has 0 aliphatic carbocycles. The number of thiophene rings is 1. The van der Waals surface area contributed by atoms with Gasteiger partial charge in [-0.1, -0.05) is 19.4 Å². The minimum absolute atomic E-state index is 0.235. The number of imide groups is 1. The molecule has 0 bridgehead atoms. The molecule has 2 rings (SSSR count). The summed E-state index contributed by atoms with van der Waals surface area (Å²) in [6.45, 7) is 5.65. The highest BCUT2D eigenvalue weighted by molar-refractivity contribution is 7.11. The van der Waals surface area contributed by atoms with Gasteiger partial charge in [-0.3, -0.25) is 14.5 Å². The second-order valence-electron chi connectivity index (χ2n) is 6.75. The van der Waals surface area contributed by atoms with Crippen molar-refractivity contribution in [3.63, 3.8) is 0 Å². The summed E-state index contributed by atoms with van der Waals surface area (Å²) >= 11 is 1.46. The van der Waals surface area contributed by atoms with Crippen molar-refractivity contribution in [3.8, 4) is 0 Å². The number of nitrogens with zero attached hydrogens (tertiary/aromatic N) is 2. The van der Waals surface area contributed by atoms with Gasteiger partial charge in [-0.2, -0.15) is 0 Å². The Labute approximate surface area is 177 Å². The summed E-state index contributed by atoms with van der Waals surface area (Å²) in [5.41, 5.74) is 0.919. The maximum Gasteiger partial charge on any atom is 0.277 e. The smallest absolute Gasteiger partial charge is 0.277 e. The molecular formula is C21H32N2O5S. The molecule has 0 saturated heterocycles. The van der Waals surface area contributed by atoms with Crippen molar-refractivity contribution in [1.82, 2.24) is 9.80 Å². The largest absolute Gasteiger partial charge is 0.383 e. The van der Waals surface area contributed by atoms with Crippen molar-refractivity contribution in [2.45, 2.75) is 26.2 Å². The van der Waals surface area contributed by atoms with Gasteiger partial charge in [0, 0.05) is 51.9 Å². The third-order valence-electron chi connectivity index (χ3n) is 4.67. The number of carbonyl (C=O) groups excluding carboxylic acids is 2. The van der Waals surface area contributed by atoms with Gasteiger partial charge in [0.25, 0.3) is 11.8 Å². The van der Waals surface area contributed by atoms with Gasteiger partial charge in [-0.15, -0.1) is 11.3 Å². The molecule has 0 spiro atoms. The number of carbonyl (C=O) groups is 2. The molecule has 0 radical (unpaired) electrons. The molecule has 2 amide bonds. The van der Waals surface area contributed by atoms with Crippen LogP contribution >= 0.6 is 11.3 Å². The number of hydrogen-bond acceptors (Lipinski definition) is 7. The first-order valence-electron chi connectivity index (χ1n) is 10.1. The Balaban J connectivity index is 2.18. The van der Waals surface area contributed by atoms with Crippen LogP contribution in [-0.2, 0) is 23.8 Å². The number of amides is 2. The third kappa shape index (κ3) is 6.37. The SMILES string of the molecule is CCCCOCCCN1C(=O)C(c2cccs2)=C(N(CCOC)CCOC)C1=O. The Kier molecular flexibility index (Phi) is 10.3. The standard InChI is InChI=1S/C21H32N2O5S/c1-4-5-12-28-13-7-9-23-20(24)18(17-8-6-16-29-17)19(21(23)25)22(10-14-26-2)11-15-27-3/h6,8,16H,4-5,7,9-15H2,1-3H3. The van der Waals surface area contributed by atoms with Crippen molar-refractivity contribution >= 4 is 28.7 Å². The van der Waals surface area contributed by atoms with Gasteiger partial charge in [-0.05, 0) is 24.3 Å². The van der Waals surface area contributed by atoms with Gasteiger partial charge < -0.3 is 19.1 Å². The van der Waals surface area contributed by atoms with Gasteiger partial charge in [0.05, 0.1) is 18.8 Å². The fraction of sp³-hybridized carbons (Fsp3) is 0.619. The lowest BCUT2D eigenvalue weighted by atomic mass is 10.1. The van der Waals surface area contributed by atoms with E-state index in [2.05, 4.69) is 6.92 Å². The molecule has 1 aliphatic rings. The molecule has 0 N–H and O–H groups in total. The zero-order chi connectivity index (χ0) is 21.1. The maximum atomic E-state index is 13.2. The van der Waals surface area contributed by atoms with Crippen LogP contribution in [0.5, 0.6) is 0 Å². The van der Waals surface area contributed by atoms with Crippen LogP contribution in [0.3, 0.4) is 0 Å². The predicted octanol–water partition coefficient (Wildman–Crippen LogP) is 2.63. The van der Waals surface area contributed by atoms with Gasteiger partial charge in [0.1, 0.15) is 5.70 Å². The second-order valence-corrected chi connectivity index (χ2v) is 7.70. The zero-order valence-corrected chi connectivity index (χ0v) is 18.5. The summed E-state index contributed by atoms with van der Waals surface area (Å²) in [5, 5.41) is 1.91. The number of ether oxygens (including phenoxy) is 3. The molecule has 0 aromatic carbocycles. The highest BCUT2D eigenvalue weighted by Gasteiger charge is 2.41. The predicted molar refractivity (Wildman–Crippen MR) is 114 cm³/mol. The van der Waals surface area contributed by atoms with Crippen LogP contribution in [-0.4, -0.2) is 81.9 Å². The maximum absolute atomic E-state index is 13.2. The van der Waals surface area contributed by atoms with Crippen molar-refractivity contribution in [2.24, 2.45) is 0 Å². The first kappa shape index (κ1) is 23.5. The molecule has 162 valence electrons. The van der Waals surface area contributed by atoms with Crippen LogP contribution in [0.15, 0.2) is 23.2 Å². The minimum Gasteiger partial charge on any atom is -0.383 e. The third-order valence-corrected chi connectivity index (χ3v) is 5.56. The minimum atomic E-state index is -0.251. The molecule has 0 unspecified atom stereocenters. The molecule has 2 heterocycles. The summed E-state index contributed by atoms with van der Waals surface area (Å²) in [6, 6.07) is 3.77. The fourth-order valence-electron chi connectivity index (χ4n) is 3.11. The van der Waals surface area contributed by atoms with Crippen molar-refractivity contribution in [3.05, 3.63) is 28.1 Å². The lowest BCUT2D eigenvalue weighted by Gasteiger charge is -2.25. The van der Waals surface area contributed by atoms with E-state index < -0.39 is 0 Å². The second kappa shape index (κ2) is 12.7. The lowest BCUT2D eigenvalue weighted by molar-refractivity contribution is -0.137. The summed E-state index contributed by atoms with van der Waals surface area (Å²) in [6.07, 6.45) is 2.73. The van der Waals surface area contributed by atoms with Crippen LogP contribution in [0, 0.1) is 0 Å². The first-order chi connectivity index (χ1) is 14.2. The van der Waals surface area contributed by atoms with E-state index in [0.717, 1.165) is 17.7 Å². The Bertz CT molecular complexity index is 667. The summed E-state index contributed by atoms with van der Waals surface area (Å²) in [4.78, 5) is 30.5. The topological polar surface area (TPSA) is 68.3 Å². The van der Waals surface area contributed by atoms with Gasteiger partial charge in [0.2, 0.25) is 0 Å². The first-order valence-corrected chi connectivity index (χ1v) is 11.0. The molecule has 1 aromatic heterocycles. The van der Waals surface area contributed by atoms with Gasteiger partial charge >= 0.3 is 0 Å². The summed E-state index contributed by atoms with van der Waals surface area (Å²) < 4.78 is 16.0. The molecule has 8 heteroatoms. The van der Waals surface area contributed by atoms with Crippen LogP contribution in [0.2, 0.25) is 0 Å². The van der Waals surface area contributed by atoms with E-state index in [1.165, 1.54) is 16.2 Å². The Hall–Kier alpha value is -1.74. The average Bonchev–Trinajstić information content (AvgIpc) is 3.32. The Morgan fingerprint density at radius 1 is 1.00 bits per heavy atom. The van der Waals surface area contributed by atoms with E-state index in [-0.39, 0.29) is 11.8 Å². The number of rotatable bonds is 15. The highest BCUT2D eigenvalue weighted by atomic mass is 32.1. The van der Waals surface area contributed by atoms with Crippen molar-refractivity contribution < 1.29 is 23.8 Å². The number of unbranched alkanes of at least 4 members (excludes halogenated alkanes) is 1. The molecule has 1 aromatic rings. The number of methoxy groups -OCH3 is 2. The van der Waals surface area contributed by atoms with Crippen molar-refractivity contribution in [2.75, 3.05) is 60.3 Å². The zero-order valence-electron chi connectivity index (χ0n) is 17.6. The molecule has 0 saturated carbocycles. The van der Waals surface area contributed by atoms with Crippen LogP contribution < -0.4 is 0 Å². The van der Waals surface area contributed by atoms with E-state index in [0.29, 0.717) is 63.8 Å². The summed E-state index contributed by atoms with van der Waals surface area (Å²) in [7, 11) is 3.24. The average molecular weight is 425 g/mol. The molecule has 0 atom stereocenters. The molecule has 29 heavy (non-hydrogen) atoms. The van der Waals surface area contributed by atoms with Crippen LogP contribution in [0.25, 0.3) is 5.57 Å². The monoisotopic (exact) mass is 424 g/mol. The molecule has 7 nitrogen and oxygen atoms in total. The van der Waals surface area contributed by atoms with Crippen molar-refractivity contribution in [1.29, 1.82) is 0 Å². The van der Waals surface area contributed by atoms with Crippen LogP contribution in [0.4, 0.5) is 0 Å². The van der Waals surface area contributed by atoms with Crippen LogP contribution in [0.1, 0.15) is 31.1 Å². The van der Waals surface area contributed by atoms with E-state index in [9.17, 15) is 9.59 Å². The molecule has 0 fully saturated rings. The van der Waals surface area contributed by atoms with E-state index >= 15 is 0 Å². The number of hydrogen-bond donors (Lipinski definition) is 0. The van der Waals surface area contributed by atoms with Gasteiger partial charge in [0.15, 0.2) is 0 Å². The van der Waals surface area contributed by atoms with E-state index in [4.69, 9.17) is 14.2 Å². The summed E-state index contributed by atoms with van der Waals surface area (Å²) in [5.74, 6) is -0.486. The van der Waals surface area contributed by atoms with E-state index in [1.54, 1.807) is 14.2 Å². The Morgan fingerprint density at radius 3 is 2.28 bits per heavy atom. The fourth-order valence-corrected chi connectivity index (χ4v) is 3.88. The molecule has 1 aliphatic heterocycles. The molecular weight excluding hydrogens is 392 g/mol. The highest BCUT2D eigenvalue weighted by Crippen LogP contribution is 2.33. The Morgan fingerprint density at radius 2 is 1.69 bits per heavy atom. The van der Waals surface area contributed by atoms with E-state index in [1.807, 2.05) is 22.4 Å². The normalized spacial score (nSPS) is 14.4. The lowest BCUT2D eigenvalue weighted by Crippen LogP contribution is -2.38. The quantitative estimate of drug-likeness (QED) is 0.319. The van der Waals surface area contributed by atoms with Gasteiger partial charge in [-0.25, -0.2) is 0 Å².